The Balaban J connectivity index is 0.000000207. The molecule has 44 nitrogen and oxygen atoms in total. The molecule has 0 spiro atoms. The molecule has 720 valence electrons. The first kappa shape index (κ1) is 99.4. The van der Waals surface area contributed by atoms with E-state index in [0.29, 0.717) is 50.5 Å². The van der Waals surface area contributed by atoms with E-state index in [9.17, 15) is 85.9 Å². The Morgan fingerprint density at radius 1 is 0.493 bits per heavy atom. The number of nitrogens with zero attached hydrogens (tertiary/aromatic N) is 8. The molecule has 2 amide bonds. The molecule has 8 aliphatic rings. The number of fused-ring (bicyclic) bond motifs is 8. The van der Waals surface area contributed by atoms with Crippen molar-refractivity contribution in [1.29, 1.82) is 0 Å². The topological polar surface area (TPSA) is 629 Å². The average Bonchev–Trinajstić information content (AvgIpc) is 0.783. The molecule has 136 heavy (non-hydrogen) atoms. The van der Waals surface area contributed by atoms with Gasteiger partial charge >= 0.3 is 58.3 Å². The number of carbonyl (C=O) groups excluding carboxylic acids is 4. The van der Waals surface area contributed by atoms with Crippen LogP contribution in [0.3, 0.4) is 0 Å². The van der Waals surface area contributed by atoms with E-state index in [1.807, 2.05) is 24.3 Å². The van der Waals surface area contributed by atoms with E-state index >= 15 is 0 Å². The van der Waals surface area contributed by atoms with Crippen LogP contribution in [0.25, 0.3) is 11.1 Å². The smallest absolute Gasteiger partial charge is 0.490 e. The van der Waals surface area contributed by atoms with Gasteiger partial charge in [0.1, 0.15) is 73.3 Å². The number of phosphoric acid groups is 6. The fourth-order valence-corrected chi connectivity index (χ4v) is 23.8. The third-order valence-electron chi connectivity index (χ3n) is 23.7. The number of aromatic carboxylic acids is 2. The molecule has 16 rings (SSSR count). The lowest BCUT2D eigenvalue weighted by Gasteiger charge is -2.33. The van der Waals surface area contributed by atoms with Crippen molar-refractivity contribution in [3.63, 3.8) is 0 Å². The van der Waals surface area contributed by atoms with Gasteiger partial charge in [0.25, 0.3) is 11.8 Å². The number of aryl methyl sites for hydroxylation is 4. The highest BCUT2D eigenvalue weighted by Crippen LogP contribution is 2.68. The van der Waals surface area contributed by atoms with Gasteiger partial charge < -0.3 is 110 Å². The maximum Gasteiger partial charge on any atom is 0.490 e. The van der Waals surface area contributed by atoms with Crippen molar-refractivity contribution in [3.05, 3.63) is 217 Å². The number of amides is 2. The number of phosphoric ester groups is 2. The summed E-state index contributed by atoms with van der Waals surface area (Å²) >= 11 is 0. The average molecular weight is 1990 g/mol. The zero-order valence-electron chi connectivity index (χ0n) is 73.3. The minimum atomic E-state index is -5.72. The minimum absolute atomic E-state index is 0.0338. The predicted molar refractivity (Wildman–Crippen MR) is 482 cm³/mol. The molecule has 2 aromatic heterocycles. The highest BCUT2D eigenvalue weighted by molar-refractivity contribution is 7.67. The Morgan fingerprint density at radius 2 is 0.912 bits per heavy atom. The number of hydrogen-bond acceptors (Lipinski definition) is 30. The third-order valence-corrected chi connectivity index (χ3v) is 31.3. The molecule has 4 unspecified atom stereocenters. The second-order valence-corrected chi connectivity index (χ2v) is 41.3. The fraction of sp³-hybridized carbons (Fsp3) is 0.372. The van der Waals surface area contributed by atoms with Gasteiger partial charge in [-0.1, -0.05) is 35.8 Å². The van der Waals surface area contributed by atoms with Crippen LogP contribution in [0.4, 0.5) is 23.0 Å². The molecule has 2 saturated heterocycles. The predicted octanol–water partition coefficient (Wildman–Crippen LogP) is 3.15. The Morgan fingerprint density at radius 3 is 1.33 bits per heavy atom. The summed E-state index contributed by atoms with van der Waals surface area (Å²) in [6.45, 7) is 13.4. The Hall–Kier alpha value is -11.0. The molecule has 0 aliphatic carbocycles. The van der Waals surface area contributed by atoms with Crippen LogP contribution >= 0.6 is 46.9 Å². The van der Waals surface area contributed by atoms with Crippen molar-refractivity contribution in [2.24, 2.45) is 0 Å². The second-order valence-electron chi connectivity index (χ2n) is 32.5. The number of nitrogens with two attached hydrogens (primary N) is 2. The van der Waals surface area contributed by atoms with Gasteiger partial charge in [0.05, 0.1) is 73.7 Å². The van der Waals surface area contributed by atoms with Gasteiger partial charge in [-0.15, -0.1) is 0 Å². The number of hydrogen-bond donors (Lipinski definition) is 12. The SMILES string of the molecule is CCN1CCCc2cc3c(cc21)Oc1cc2c(cc1=C3c1cc(C(=O)NCC#Cc3cn([C@H]4CC[C@@H](COP(=O)(O)OP(=O)(O)OP(=O)(O)O)O4)c(=O)nc3N)ccc1C(=O)[O-])CCC[N+]=2CC.CCN1CCCc2cc3c(cc21)Oc1cc2c(cc1=C3c1ccc(C(=O)NCC#Cc3cn([C@H]4CC[C@@H](COP(=O)(O)OP(=O)(O)OP(=O)(O)O)O4)c(=O)nc3N)cc1C(=O)[O-])CCC[N+]=2CC. The number of aromatic nitrogens is 4. The Bertz CT molecular complexity index is 7120. The number of anilines is 4. The summed E-state index contributed by atoms with van der Waals surface area (Å²) in [7, 11) is -33.4. The summed E-state index contributed by atoms with van der Waals surface area (Å²) in [5.41, 5.74) is 20.4. The molecule has 0 radical (unpaired) electrons. The van der Waals surface area contributed by atoms with E-state index in [1.54, 1.807) is 6.07 Å². The van der Waals surface area contributed by atoms with Crippen LogP contribution in [0, 0.1) is 23.7 Å². The lowest BCUT2D eigenvalue weighted by Crippen LogP contribution is -2.39. The molecular weight excluding hydrogens is 1900 g/mol. The standard InChI is InChI=1S/2C43H47N6O16P3/c1-3-47-16-6-9-25-18-32-36(21-34(25)47)63-37-22-35-26(10-7-17-48(35)4-2)19-33(37)39(32)31-20-27(11-13-30(31)42(51)52)41(50)45-15-5-8-28-23-49(43(53)46-40(28)44)38-14-12-29(62-38)24-61-67(57,58)65-68(59,60)64-66(54,55)56;1-3-47-16-6-9-25-18-32-36(21-34(25)47)63-37-22-35-26(10-7-17-48(35)4-2)19-33(37)39(32)30-13-11-27(20-31(30)42(51)52)41(50)45-15-5-8-28-23-49(43(53)46-40(28)44)38-14-12-29(62-38)24-61-67(57,58)65-68(59,60)64-66(54,55)56/h2*11,13,18-23,29,38H,3-4,6-7,9-10,12,14-17,24H2,1-2H3,(H7-,44,45,46,50,51,52,53,54,55,56,57,58,59,60)/t2*29-,38+/m00/s1. The van der Waals surface area contributed by atoms with Crippen LogP contribution in [0.5, 0.6) is 23.0 Å². The first-order chi connectivity index (χ1) is 64.4. The van der Waals surface area contributed by atoms with E-state index in [4.69, 9.17) is 50.0 Å². The highest BCUT2D eigenvalue weighted by atomic mass is 31.3. The molecular formula is C86H94N12O32P6. The number of carboxylic acids is 2. The summed E-state index contributed by atoms with van der Waals surface area (Å²) in [5, 5.41) is 34.8. The van der Waals surface area contributed by atoms with Gasteiger partial charge in [0.15, 0.2) is 0 Å². The van der Waals surface area contributed by atoms with E-state index < -0.39 is 120 Å². The van der Waals surface area contributed by atoms with Gasteiger partial charge in [0, 0.05) is 141 Å². The van der Waals surface area contributed by atoms with Gasteiger partial charge in [0.2, 0.25) is 10.7 Å². The van der Waals surface area contributed by atoms with Gasteiger partial charge in [-0.25, -0.2) is 46.1 Å². The fourth-order valence-electron chi connectivity index (χ4n) is 17.7. The third kappa shape index (κ3) is 22.8. The number of benzene rings is 6. The van der Waals surface area contributed by atoms with E-state index in [2.05, 4.69) is 141 Å². The molecule has 8 aromatic rings. The summed E-state index contributed by atoms with van der Waals surface area (Å²) in [6.07, 6.45) is 6.39. The zero-order valence-corrected chi connectivity index (χ0v) is 78.7. The molecule has 10 heterocycles. The summed E-state index contributed by atoms with van der Waals surface area (Å²) in [4.78, 5) is 164. The normalized spacial score (nSPS) is 19.2. The van der Waals surface area contributed by atoms with E-state index in [-0.39, 0.29) is 89.4 Å². The van der Waals surface area contributed by atoms with Gasteiger partial charge in [-0.2, -0.15) is 27.2 Å². The lowest BCUT2D eigenvalue weighted by molar-refractivity contribution is -0.256. The zero-order chi connectivity index (χ0) is 97.4. The largest absolute Gasteiger partial charge is 0.545 e. The maximum absolute atomic E-state index is 13.8. The molecule has 8 aliphatic heterocycles. The molecule has 50 heteroatoms. The highest BCUT2D eigenvalue weighted by Gasteiger charge is 2.45. The monoisotopic (exact) mass is 1990 g/mol. The van der Waals surface area contributed by atoms with Crippen molar-refractivity contribution in [1.82, 2.24) is 38.9 Å². The number of ether oxygens (including phenoxy) is 4. The molecule has 14 N–H and O–H groups in total. The van der Waals surface area contributed by atoms with Gasteiger partial charge in [-0.05, 0) is 163 Å². The second kappa shape index (κ2) is 40.6. The number of nitrogens with one attached hydrogen (secondary N) is 2. The van der Waals surface area contributed by atoms with Crippen LogP contribution in [0.1, 0.15) is 189 Å². The van der Waals surface area contributed by atoms with Crippen molar-refractivity contribution < 1.29 is 141 Å². The van der Waals surface area contributed by atoms with Crippen LogP contribution in [-0.2, 0) is 88.8 Å². The molecule has 0 saturated carbocycles. The van der Waals surface area contributed by atoms with Crippen molar-refractivity contribution in [2.75, 3.05) is 99.9 Å². The Labute approximate surface area is 774 Å². The van der Waals surface area contributed by atoms with Crippen LogP contribution in [-0.4, -0.2) is 173 Å². The first-order valence-electron chi connectivity index (χ1n) is 43.1. The minimum Gasteiger partial charge on any atom is -0.545 e. The van der Waals surface area contributed by atoms with Crippen LogP contribution in [0.2, 0.25) is 0 Å². The van der Waals surface area contributed by atoms with E-state index in [1.165, 1.54) is 42.7 Å². The van der Waals surface area contributed by atoms with Crippen molar-refractivity contribution >= 4 is 105 Å². The van der Waals surface area contributed by atoms with Crippen LogP contribution in [0.15, 0.2) is 107 Å². The Kier molecular flexibility index (Phi) is 29.7. The molecule has 8 atom stereocenters. The molecule has 0 bridgehead atoms. The first-order valence-corrected chi connectivity index (χ1v) is 52.2. The molecule has 2 fully saturated rings. The number of nitrogen functional groups attached to an aromatic ring is 2. The van der Waals surface area contributed by atoms with Gasteiger partial charge in [-0.3, -0.25) is 27.8 Å². The summed E-state index contributed by atoms with van der Waals surface area (Å²) in [6, 6.07) is 25.2. The number of rotatable bonds is 28. The van der Waals surface area contributed by atoms with Crippen LogP contribution < -0.4 is 93.3 Å². The lowest BCUT2D eigenvalue weighted by atomic mass is 9.85. The molecule has 6 aromatic carbocycles. The number of carboxylic acid groups (broad SMARTS) is 2. The maximum atomic E-state index is 13.8. The summed E-state index contributed by atoms with van der Waals surface area (Å²) < 4.78 is 125. The summed E-state index contributed by atoms with van der Waals surface area (Å²) in [5.74, 6) is 8.84. The number of carbonyl (C=O) groups is 4. The quantitative estimate of drug-likeness (QED) is 0.0190. The van der Waals surface area contributed by atoms with Crippen molar-refractivity contribution in [3.8, 4) is 46.7 Å². The van der Waals surface area contributed by atoms with E-state index in [0.717, 1.165) is 168 Å². The van der Waals surface area contributed by atoms with Crippen molar-refractivity contribution in [2.45, 2.75) is 129 Å².